The molecular weight excluding hydrogens is 320 g/mol. The van der Waals surface area contributed by atoms with Crippen molar-refractivity contribution in [1.82, 2.24) is 9.88 Å². The first-order valence-corrected chi connectivity index (χ1v) is 7.78. The molecule has 6 heteroatoms. The number of carboxylic acids is 1. The minimum Gasteiger partial charge on any atom is -0.497 e. The summed E-state index contributed by atoms with van der Waals surface area (Å²) in [5.41, 5.74) is 2.03. The molecule has 2 aromatic carbocycles. The smallest absolute Gasteiger partial charge is 0.335 e. The molecule has 3 rings (SSSR count). The van der Waals surface area contributed by atoms with Gasteiger partial charge in [-0.05, 0) is 42.0 Å². The minimum absolute atomic E-state index is 0.115. The normalized spacial score (nSPS) is 10.6. The van der Waals surface area contributed by atoms with Gasteiger partial charge in [0.15, 0.2) is 0 Å². The fourth-order valence-electron chi connectivity index (χ4n) is 2.62. The maximum atomic E-state index is 12.2. The van der Waals surface area contributed by atoms with Crippen molar-refractivity contribution in [3.63, 3.8) is 0 Å². The number of fused-ring (bicyclic) bond motifs is 1. The first-order chi connectivity index (χ1) is 12.1. The predicted octanol–water partition coefficient (Wildman–Crippen LogP) is 2.66. The number of hydrogen-bond acceptors (Lipinski definition) is 3. The number of aromatic carboxylic acids is 1. The maximum absolute atomic E-state index is 12.2. The number of benzene rings is 2. The molecule has 2 N–H and O–H groups in total. The molecule has 0 aliphatic rings. The highest BCUT2D eigenvalue weighted by Crippen LogP contribution is 2.21. The van der Waals surface area contributed by atoms with Crippen LogP contribution < -0.4 is 10.1 Å². The summed E-state index contributed by atoms with van der Waals surface area (Å²) in [6, 6.07) is 14.1. The molecule has 0 spiro atoms. The number of carbonyl (C=O) groups excluding carboxylic acids is 1. The molecule has 1 heterocycles. The highest BCUT2D eigenvalue weighted by atomic mass is 16.5. The van der Waals surface area contributed by atoms with Gasteiger partial charge in [0.05, 0.1) is 12.7 Å². The van der Waals surface area contributed by atoms with Gasteiger partial charge in [-0.3, -0.25) is 4.79 Å². The number of nitrogens with zero attached hydrogens (tertiary/aromatic N) is 1. The molecule has 0 unspecified atom stereocenters. The average Bonchev–Trinajstić information content (AvgIpc) is 3.02. The Morgan fingerprint density at radius 2 is 1.88 bits per heavy atom. The van der Waals surface area contributed by atoms with Crippen LogP contribution in [0, 0.1) is 0 Å². The van der Waals surface area contributed by atoms with Crippen molar-refractivity contribution in [3.05, 3.63) is 65.9 Å². The Bertz CT molecular complexity index is 913. The molecule has 0 saturated heterocycles. The summed E-state index contributed by atoms with van der Waals surface area (Å²) in [4.78, 5) is 23.0. The van der Waals surface area contributed by atoms with Crippen LogP contribution in [0.4, 0.5) is 0 Å². The summed E-state index contributed by atoms with van der Waals surface area (Å²) in [6.45, 7) is 0.564. The van der Waals surface area contributed by atoms with E-state index in [1.54, 1.807) is 19.2 Å². The predicted molar refractivity (Wildman–Crippen MR) is 93.7 cm³/mol. The van der Waals surface area contributed by atoms with Crippen LogP contribution in [-0.4, -0.2) is 28.7 Å². The van der Waals surface area contributed by atoms with E-state index in [4.69, 9.17) is 9.84 Å². The number of carboxylic acid groups (broad SMARTS) is 1. The summed E-state index contributed by atoms with van der Waals surface area (Å²) in [5.74, 6) is -0.304. The van der Waals surface area contributed by atoms with Gasteiger partial charge in [0.2, 0.25) is 5.91 Å². The van der Waals surface area contributed by atoms with E-state index < -0.39 is 5.97 Å². The summed E-state index contributed by atoms with van der Waals surface area (Å²) in [7, 11) is 1.62. The number of methoxy groups -OCH3 is 1. The van der Waals surface area contributed by atoms with Gasteiger partial charge in [-0.15, -0.1) is 0 Å². The molecule has 0 atom stereocenters. The zero-order valence-corrected chi connectivity index (χ0v) is 13.7. The third-order valence-electron chi connectivity index (χ3n) is 3.98. The monoisotopic (exact) mass is 338 g/mol. The molecule has 128 valence electrons. The highest BCUT2D eigenvalue weighted by Gasteiger charge is 2.08. The van der Waals surface area contributed by atoms with E-state index in [1.807, 2.05) is 35.0 Å². The number of aromatic nitrogens is 1. The van der Waals surface area contributed by atoms with Crippen LogP contribution in [0.1, 0.15) is 15.9 Å². The quantitative estimate of drug-likeness (QED) is 0.724. The van der Waals surface area contributed by atoms with Crippen molar-refractivity contribution in [1.29, 1.82) is 0 Å². The molecule has 0 aliphatic heterocycles. The summed E-state index contributed by atoms with van der Waals surface area (Å²) >= 11 is 0. The van der Waals surface area contributed by atoms with Gasteiger partial charge in [-0.25, -0.2) is 4.79 Å². The average molecular weight is 338 g/mol. The Labute approximate surface area is 144 Å². The molecule has 0 saturated carbocycles. The van der Waals surface area contributed by atoms with Gasteiger partial charge < -0.3 is 19.7 Å². The van der Waals surface area contributed by atoms with Crippen molar-refractivity contribution >= 4 is 22.8 Å². The van der Waals surface area contributed by atoms with E-state index >= 15 is 0 Å². The van der Waals surface area contributed by atoms with Crippen LogP contribution in [0.25, 0.3) is 10.9 Å². The Kier molecular flexibility index (Phi) is 4.70. The Morgan fingerprint density at radius 3 is 2.56 bits per heavy atom. The SMILES string of the molecule is COc1ccc2c(ccn2CC(=O)NCc2ccc(C(=O)O)cc2)c1. The van der Waals surface area contributed by atoms with Gasteiger partial charge in [-0.2, -0.15) is 0 Å². The fraction of sp³-hybridized carbons (Fsp3) is 0.158. The van der Waals surface area contributed by atoms with Crippen LogP contribution in [0.3, 0.4) is 0 Å². The second kappa shape index (κ2) is 7.09. The number of ether oxygens (including phenoxy) is 1. The molecular formula is C19H18N2O4. The van der Waals surface area contributed by atoms with E-state index in [0.29, 0.717) is 6.54 Å². The van der Waals surface area contributed by atoms with E-state index in [-0.39, 0.29) is 18.0 Å². The second-order valence-corrected chi connectivity index (χ2v) is 5.65. The largest absolute Gasteiger partial charge is 0.497 e. The van der Waals surface area contributed by atoms with E-state index in [9.17, 15) is 9.59 Å². The Morgan fingerprint density at radius 1 is 1.12 bits per heavy atom. The summed E-state index contributed by atoms with van der Waals surface area (Å²) < 4.78 is 7.07. The molecule has 1 amide bonds. The van der Waals surface area contributed by atoms with Crippen molar-refractivity contribution in [2.24, 2.45) is 0 Å². The topological polar surface area (TPSA) is 80.6 Å². The lowest BCUT2D eigenvalue weighted by molar-refractivity contribution is -0.121. The van der Waals surface area contributed by atoms with Crippen molar-refractivity contribution in [2.45, 2.75) is 13.1 Å². The molecule has 3 aromatic rings. The Balaban J connectivity index is 1.62. The number of rotatable bonds is 6. The van der Waals surface area contributed by atoms with Gasteiger partial charge in [0, 0.05) is 23.6 Å². The van der Waals surface area contributed by atoms with Gasteiger partial charge >= 0.3 is 5.97 Å². The number of carbonyl (C=O) groups is 2. The van der Waals surface area contributed by atoms with E-state index in [0.717, 1.165) is 22.2 Å². The molecule has 0 bridgehead atoms. The van der Waals surface area contributed by atoms with E-state index in [1.165, 1.54) is 12.1 Å². The van der Waals surface area contributed by atoms with Crippen LogP contribution in [0.2, 0.25) is 0 Å². The number of amides is 1. The summed E-state index contributed by atoms with van der Waals surface area (Å²) in [6.07, 6.45) is 1.87. The maximum Gasteiger partial charge on any atom is 0.335 e. The standard InChI is InChI=1S/C19H18N2O4/c1-25-16-6-7-17-15(10-16)8-9-21(17)12-18(22)20-11-13-2-4-14(5-3-13)19(23)24/h2-10H,11-12H2,1H3,(H,20,22)(H,23,24). The Hall–Kier alpha value is -3.28. The fourth-order valence-corrected chi connectivity index (χ4v) is 2.62. The molecule has 6 nitrogen and oxygen atoms in total. The molecule has 0 fully saturated rings. The first-order valence-electron chi connectivity index (χ1n) is 7.78. The molecule has 0 aliphatic carbocycles. The van der Waals surface area contributed by atoms with Crippen LogP contribution in [0.5, 0.6) is 5.75 Å². The van der Waals surface area contributed by atoms with Crippen LogP contribution in [-0.2, 0) is 17.9 Å². The number of nitrogens with one attached hydrogen (secondary N) is 1. The first kappa shape index (κ1) is 16.6. The number of hydrogen-bond donors (Lipinski definition) is 2. The van der Waals surface area contributed by atoms with Crippen LogP contribution >= 0.6 is 0 Å². The zero-order chi connectivity index (χ0) is 17.8. The minimum atomic E-state index is -0.966. The van der Waals surface area contributed by atoms with Crippen molar-refractivity contribution in [2.75, 3.05) is 7.11 Å². The van der Waals surface area contributed by atoms with Gasteiger partial charge in [0.25, 0.3) is 0 Å². The summed E-state index contributed by atoms with van der Waals surface area (Å²) in [5, 5.41) is 12.7. The zero-order valence-electron chi connectivity index (χ0n) is 13.7. The van der Waals surface area contributed by atoms with Crippen molar-refractivity contribution < 1.29 is 19.4 Å². The lowest BCUT2D eigenvalue weighted by Crippen LogP contribution is -2.26. The van der Waals surface area contributed by atoms with Crippen LogP contribution in [0.15, 0.2) is 54.7 Å². The molecule has 25 heavy (non-hydrogen) atoms. The highest BCUT2D eigenvalue weighted by molar-refractivity contribution is 5.87. The third-order valence-corrected chi connectivity index (χ3v) is 3.98. The van der Waals surface area contributed by atoms with Crippen molar-refractivity contribution in [3.8, 4) is 5.75 Å². The lowest BCUT2D eigenvalue weighted by atomic mass is 10.1. The molecule has 0 radical (unpaired) electrons. The van der Waals surface area contributed by atoms with Gasteiger partial charge in [0.1, 0.15) is 12.3 Å². The third kappa shape index (κ3) is 3.80. The lowest BCUT2D eigenvalue weighted by Gasteiger charge is -2.08. The second-order valence-electron chi connectivity index (χ2n) is 5.65. The van der Waals surface area contributed by atoms with E-state index in [2.05, 4.69) is 5.32 Å². The van der Waals surface area contributed by atoms with Gasteiger partial charge in [-0.1, -0.05) is 12.1 Å². The molecule has 1 aromatic heterocycles.